The molecule has 0 fully saturated rings. The molecule has 0 saturated heterocycles. The Morgan fingerprint density at radius 1 is 0.682 bits per heavy atom. The fraction of sp³-hybridized carbons (Fsp3) is 1.00. The normalized spacial score (nSPS) is 12.2. The van der Waals surface area contributed by atoms with E-state index in [4.69, 9.17) is 11.0 Å². The summed E-state index contributed by atoms with van der Waals surface area (Å²) in [7, 11) is -1.27. The molecule has 4 nitrogen and oxygen atoms in total. The van der Waals surface area contributed by atoms with E-state index in [2.05, 4.69) is 6.92 Å². The first-order chi connectivity index (χ1) is 10.5. The molecule has 0 atom stereocenters. The molecule has 0 rings (SSSR count). The van der Waals surface area contributed by atoms with E-state index >= 15 is 0 Å². The van der Waals surface area contributed by atoms with Crippen molar-refractivity contribution < 1.29 is 4.57 Å². The zero-order valence-electron chi connectivity index (χ0n) is 15.1. The summed E-state index contributed by atoms with van der Waals surface area (Å²) in [6.45, 7) is 3.01. The monoisotopic (exact) mass is 333 g/mol. The predicted molar refractivity (Wildman–Crippen MR) is 98.9 cm³/mol. The lowest BCUT2D eigenvalue weighted by Gasteiger charge is -2.19. The van der Waals surface area contributed by atoms with Gasteiger partial charge in [0.25, 0.3) is 7.59 Å². The second kappa shape index (κ2) is 14.7. The standard InChI is InChI=1S/C17H40N3OP/c1-3-4-5-6-7-8-9-10-11-12-13-14-15-16-17-20(2)22(18,19)21/h3-17H2,1-2H3,(H4,18,19,21). The SMILES string of the molecule is CCCCCCCCCCCCCCCCN(C)P(N)(N)=O. The van der Waals surface area contributed by atoms with Crippen molar-refractivity contribution in [3.63, 3.8) is 0 Å². The maximum Gasteiger partial charge on any atom is 0.276 e. The molecule has 0 aliphatic heterocycles. The van der Waals surface area contributed by atoms with E-state index < -0.39 is 7.59 Å². The van der Waals surface area contributed by atoms with Crippen molar-refractivity contribution in [2.24, 2.45) is 11.0 Å². The minimum absolute atomic E-state index is 0.738. The third-order valence-electron chi connectivity index (χ3n) is 4.37. The van der Waals surface area contributed by atoms with E-state index in [0.717, 1.165) is 13.0 Å². The highest BCUT2D eigenvalue weighted by atomic mass is 31.2. The Morgan fingerprint density at radius 3 is 1.32 bits per heavy atom. The van der Waals surface area contributed by atoms with Crippen LogP contribution in [-0.2, 0) is 4.57 Å². The van der Waals surface area contributed by atoms with Crippen molar-refractivity contribution in [3.8, 4) is 0 Å². The van der Waals surface area contributed by atoms with Crippen molar-refractivity contribution in [1.82, 2.24) is 4.67 Å². The van der Waals surface area contributed by atoms with E-state index in [1.807, 2.05) is 0 Å². The van der Waals surface area contributed by atoms with Gasteiger partial charge in [-0.15, -0.1) is 0 Å². The summed E-state index contributed by atoms with van der Waals surface area (Å²) in [4.78, 5) is 0. The minimum atomic E-state index is -3.01. The van der Waals surface area contributed by atoms with Gasteiger partial charge in [0, 0.05) is 6.54 Å². The molecule has 0 aromatic rings. The lowest BCUT2D eigenvalue weighted by molar-refractivity contribution is 0.446. The summed E-state index contributed by atoms with van der Waals surface area (Å²) in [6, 6.07) is 0. The Bertz CT molecular complexity index is 281. The molecule has 0 spiro atoms. The average molecular weight is 334 g/mol. The number of hydrogen-bond donors (Lipinski definition) is 2. The van der Waals surface area contributed by atoms with Crippen LogP contribution < -0.4 is 11.0 Å². The van der Waals surface area contributed by atoms with E-state index in [-0.39, 0.29) is 0 Å². The van der Waals surface area contributed by atoms with Crippen LogP contribution in [0.1, 0.15) is 96.8 Å². The van der Waals surface area contributed by atoms with E-state index in [9.17, 15) is 4.57 Å². The quantitative estimate of drug-likeness (QED) is 0.292. The van der Waals surface area contributed by atoms with Gasteiger partial charge in [0.05, 0.1) is 0 Å². The van der Waals surface area contributed by atoms with Gasteiger partial charge in [-0.2, -0.15) is 0 Å². The lowest BCUT2D eigenvalue weighted by atomic mass is 10.0. The van der Waals surface area contributed by atoms with E-state index in [1.54, 1.807) is 11.7 Å². The topological polar surface area (TPSA) is 72.3 Å². The highest BCUT2D eigenvalue weighted by Gasteiger charge is 2.14. The summed E-state index contributed by atoms with van der Waals surface area (Å²) in [5, 5.41) is 0. The molecule has 4 N–H and O–H groups in total. The van der Waals surface area contributed by atoms with Crippen molar-refractivity contribution in [3.05, 3.63) is 0 Å². The van der Waals surface area contributed by atoms with E-state index in [1.165, 1.54) is 83.5 Å². The van der Waals surface area contributed by atoms with Crippen molar-refractivity contribution in [2.45, 2.75) is 96.8 Å². The second-order valence-electron chi connectivity index (χ2n) is 6.65. The predicted octanol–water partition coefficient (Wildman–Crippen LogP) is 5.43. The van der Waals surface area contributed by atoms with Crippen molar-refractivity contribution in [2.75, 3.05) is 13.6 Å². The molecule has 0 bridgehead atoms. The van der Waals surface area contributed by atoms with Crippen LogP contribution in [0.5, 0.6) is 0 Å². The van der Waals surface area contributed by atoms with Gasteiger partial charge in [0.1, 0.15) is 0 Å². The molecule has 0 heterocycles. The van der Waals surface area contributed by atoms with Crippen LogP contribution in [0.2, 0.25) is 0 Å². The van der Waals surface area contributed by atoms with Gasteiger partial charge in [0.15, 0.2) is 0 Å². The molecule has 22 heavy (non-hydrogen) atoms. The van der Waals surface area contributed by atoms with Crippen LogP contribution in [0.15, 0.2) is 0 Å². The molecular weight excluding hydrogens is 293 g/mol. The first kappa shape index (κ1) is 22.1. The molecule has 134 valence electrons. The lowest BCUT2D eigenvalue weighted by Crippen LogP contribution is -2.25. The Balaban J connectivity index is 3.13. The van der Waals surface area contributed by atoms with Gasteiger partial charge >= 0.3 is 0 Å². The Kier molecular flexibility index (Phi) is 14.8. The summed E-state index contributed by atoms with van der Waals surface area (Å²) in [6.07, 6.45) is 18.8. The molecule has 0 saturated carbocycles. The first-order valence-electron chi connectivity index (χ1n) is 9.37. The number of unbranched alkanes of at least 4 members (excludes halogenated alkanes) is 13. The minimum Gasteiger partial charge on any atom is -0.271 e. The molecule has 0 aromatic carbocycles. The Hall–Kier alpha value is 0.110. The molecule has 0 unspecified atom stereocenters. The molecule has 0 radical (unpaired) electrons. The Morgan fingerprint density at radius 2 is 1.00 bits per heavy atom. The fourth-order valence-electron chi connectivity index (χ4n) is 2.69. The van der Waals surface area contributed by atoms with Crippen LogP contribution in [0, 0.1) is 0 Å². The molecular formula is C17H40N3OP. The highest BCUT2D eigenvalue weighted by molar-refractivity contribution is 7.56. The van der Waals surface area contributed by atoms with Crippen LogP contribution in [-0.4, -0.2) is 18.3 Å². The third kappa shape index (κ3) is 15.0. The highest BCUT2D eigenvalue weighted by Crippen LogP contribution is 2.29. The zero-order valence-corrected chi connectivity index (χ0v) is 16.0. The van der Waals surface area contributed by atoms with Crippen LogP contribution >= 0.6 is 7.59 Å². The molecule has 0 amide bonds. The average Bonchev–Trinajstić information content (AvgIpc) is 2.46. The van der Waals surface area contributed by atoms with Crippen molar-refractivity contribution >= 4 is 7.59 Å². The molecule has 0 aliphatic rings. The molecule has 0 aromatic heterocycles. The number of rotatable bonds is 16. The second-order valence-corrected chi connectivity index (χ2v) is 8.68. The largest absolute Gasteiger partial charge is 0.276 e. The third-order valence-corrected chi connectivity index (χ3v) is 5.64. The van der Waals surface area contributed by atoms with Crippen LogP contribution in [0.3, 0.4) is 0 Å². The first-order valence-corrected chi connectivity index (χ1v) is 11.2. The van der Waals surface area contributed by atoms with Crippen LogP contribution in [0.4, 0.5) is 0 Å². The fourth-order valence-corrected chi connectivity index (χ4v) is 3.15. The number of nitrogens with zero attached hydrogens (tertiary/aromatic N) is 1. The smallest absolute Gasteiger partial charge is 0.271 e. The summed E-state index contributed by atoms with van der Waals surface area (Å²) in [5.41, 5.74) is 10.8. The summed E-state index contributed by atoms with van der Waals surface area (Å²) >= 11 is 0. The Labute approximate surface area is 138 Å². The van der Waals surface area contributed by atoms with Gasteiger partial charge in [-0.05, 0) is 13.5 Å². The van der Waals surface area contributed by atoms with Gasteiger partial charge in [-0.3, -0.25) is 15.6 Å². The van der Waals surface area contributed by atoms with Gasteiger partial charge < -0.3 is 0 Å². The summed E-state index contributed by atoms with van der Waals surface area (Å²) in [5.74, 6) is 0. The molecule has 5 heteroatoms. The van der Waals surface area contributed by atoms with Gasteiger partial charge in [-0.25, -0.2) is 4.67 Å². The number of nitrogens with two attached hydrogens (primary N) is 2. The zero-order chi connectivity index (χ0) is 16.7. The van der Waals surface area contributed by atoms with Crippen molar-refractivity contribution in [1.29, 1.82) is 0 Å². The maximum atomic E-state index is 11.4. The maximum absolute atomic E-state index is 11.4. The van der Waals surface area contributed by atoms with E-state index in [0.29, 0.717) is 0 Å². The molecule has 0 aliphatic carbocycles. The van der Waals surface area contributed by atoms with Crippen LogP contribution in [0.25, 0.3) is 0 Å². The van der Waals surface area contributed by atoms with Gasteiger partial charge in [-0.1, -0.05) is 90.4 Å². The number of hydrogen-bond acceptors (Lipinski definition) is 1. The summed E-state index contributed by atoms with van der Waals surface area (Å²) < 4.78 is 13.0. The van der Waals surface area contributed by atoms with Gasteiger partial charge in [0.2, 0.25) is 0 Å².